The molecule has 136 valence electrons. The molecule has 0 aliphatic carbocycles. The highest BCUT2D eigenvalue weighted by molar-refractivity contribution is 7.90. The molecule has 0 aliphatic heterocycles. The lowest BCUT2D eigenvalue weighted by atomic mass is 10.1. The van der Waals surface area contributed by atoms with E-state index in [4.69, 9.17) is 15.6 Å². The van der Waals surface area contributed by atoms with E-state index in [1.54, 1.807) is 36.4 Å². The smallest absolute Gasteiger partial charge is 0.320 e. The minimum Gasteiger partial charge on any atom is -0.497 e. The number of rotatable bonds is 6. The van der Waals surface area contributed by atoms with Gasteiger partial charge in [0.15, 0.2) is 0 Å². The van der Waals surface area contributed by atoms with Gasteiger partial charge in [-0.25, -0.2) is 12.4 Å². The van der Waals surface area contributed by atoms with Crippen LogP contribution in [0.1, 0.15) is 5.56 Å². The van der Waals surface area contributed by atoms with Gasteiger partial charge in [0.2, 0.25) is 0 Å². The van der Waals surface area contributed by atoms with Crippen molar-refractivity contribution in [3.8, 4) is 5.75 Å². The van der Waals surface area contributed by atoms with Crippen molar-refractivity contribution in [2.75, 3.05) is 7.11 Å². The summed E-state index contributed by atoms with van der Waals surface area (Å²) in [6, 6.07) is 11.9. The predicted octanol–water partition coefficient (Wildman–Crippen LogP) is 1.84. The lowest BCUT2D eigenvalue weighted by Gasteiger charge is -2.08. The second-order valence-electron chi connectivity index (χ2n) is 5.80. The molecule has 7 nitrogen and oxygen atoms in total. The van der Waals surface area contributed by atoms with E-state index in [0.717, 1.165) is 3.97 Å². The first kappa shape index (κ1) is 18.0. The number of hydrogen-bond donors (Lipinski definition) is 2. The first-order valence-electron chi connectivity index (χ1n) is 7.81. The van der Waals surface area contributed by atoms with Crippen molar-refractivity contribution in [3.05, 3.63) is 60.3 Å². The van der Waals surface area contributed by atoms with E-state index in [-0.39, 0.29) is 11.3 Å². The van der Waals surface area contributed by atoms with Crippen LogP contribution in [0.3, 0.4) is 0 Å². The summed E-state index contributed by atoms with van der Waals surface area (Å²) in [6.45, 7) is 0. The van der Waals surface area contributed by atoms with Gasteiger partial charge in [0.1, 0.15) is 11.8 Å². The molecular weight excluding hydrogens is 356 g/mol. The number of ether oxygens (including phenoxy) is 1. The summed E-state index contributed by atoms with van der Waals surface area (Å²) in [6.07, 6.45) is 1.44. The number of nitrogens with zero attached hydrogens (tertiary/aromatic N) is 1. The van der Waals surface area contributed by atoms with Gasteiger partial charge in [-0.05, 0) is 29.8 Å². The number of methoxy groups -OCH3 is 1. The average Bonchev–Trinajstić information content (AvgIpc) is 3.00. The number of aliphatic carboxylic acids is 1. The van der Waals surface area contributed by atoms with Gasteiger partial charge in [0, 0.05) is 24.1 Å². The maximum absolute atomic E-state index is 13.1. The number of nitrogens with two attached hydrogens (primary N) is 1. The third-order valence-corrected chi connectivity index (χ3v) is 5.81. The Bertz CT molecular complexity index is 1060. The molecule has 8 heteroatoms. The van der Waals surface area contributed by atoms with Crippen molar-refractivity contribution in [3.63, 3.8) is 0 Å². The van der Waals surface area contributed by atoms with Crippen molar-refractivity contribution in [1.29, 1.82) is 0 Å². The zero-order valence-corrected chi connectivity index (χ0v) is 14.8. The van der Waals surface area contributed by atoms with E-state index in [1.165, 1.54) is 25.4 Å². The molecule has 1 aromatic heterocycles. The number of aromatic nitrogens is 1. The number of fused-ring (bicyclic) bond motifs is 1. The molecule has 0 aliphatic rings. The second kappa shape index (κ2) is 6.81. The van der Waals surface area contributed by atoms with Crippen LogP contribution in [0.2, 0.25) is 0 Å². The Balaban J connectivity index is 2.23. The molecule has 0 bridgehead atoms. The lowest BCUT2D eigenvalue weighted by Crippen LogP contribution is -2.32. The minimum atomic E-state index is -3.85. The van der Waals surface area contributed by atoms with Crippen molar-refractivity contribution >= 4 is 26.9 Å². The predicted molar refractivity (Wildman–Crippen MR) is 96.8 cm³/mol. The topological polar surface area (TPSA) is 112 Å². The van der Waals surface area contributed by atoms with E-state index in [2.05, 4.69) is 0 Å². The maximum atomic E-state index is 13.1. The van der Waals surface area contributed by atoms with E-state index in [9.17, 15) is 13.2 Å². The first-order chi connectivity index (χ1) is 12.3. The number of hydrogen-bond acceptors (Lipinski definition) is 5. The Kier molecular flexibility index (Phi) is 4.71. The second-order valence-corrected chi connectivity index (χ2v) is 7.62. The van der Waals surface area contributed by atoms with Gasteiger partial charge >= 0.3 is 5.97 Å². The fourth-order valence-electron chi connectivity index (χ4n) is 2.76. The Hall–Kier alpha value is -2.84. The van der Waals surface area contributed by atoms with Crippen LogP contribution in [-0.4, -0.2) is 36.6 Å². The quantitative estimate of drug-likeness (QED) is 0.681. The van der Waals surface area contributed by atoms with E-state index >= 15 is 0 Å². The molecule has 3 N–H and O–H groups in total. The third-order valence-electron chi connectivity index (χ3n) is 4.12. The highest BCUT2D eigenvalue weighted by Crippen LogP contribution is 2.29. The lowest BCUT2D eigenvalue weighted by molar-refractivity contribution is -0.138. The van der Waals surface area contributed by atoms with Crippen LogP contribution in [0.15, 0.2) is 59.6 Å². The van der Waals surface area contributed by atoms with E-state index in [1.807, 2.05) is 0 Å². The Labute approximate surface area is 150 Å². The van der Waals surface area contributed by atoms with Gasteiger partial charge in [-0.3, -0.25) is 4.79 Å². The molecule has 0 unspecified atom stereocenters. The fourth-order valence-corrected chi connectivity index (χ4v) is 4.17. The third kappa shape index (κ3) is 3.16. The van der Waals surface area contributed by atoms with Gasteiger partial charge in [-0.15, -0.1) is 0 Å². The SMILES string of the molecule is COc1ccc2c(C[C@@H](N)C(=O)O)cn(S(=O)(=O)c3ccccc3)c2c1. The molecule has 1 heterocycles. The number of carbonyl (C=O) groups is 1. The molecule has 26 heavy (non-hydrogen) atoms. The van der Waals surface area contributed by atoms with Crippen LogP contribution >= 0.6 is 0 Å². The minimum absolute atomic E-state index is 0.00940. The van der Waals surface area contributed by atoms with Gasteiger partial charge in [0.25, 0.3) is 10.0 Å². The van der Waals surface area contributed by atoms with Crippen LogP contribution in [0, 0.1) is 0 Å². The number of benzene rings is 2. The molecule has 0 amide bonds. The van der Waals surface area contributed by atoms with Gasteiger partial charge in [-0.1, -0.05) is 18.2 Å². The zero-order chi connectivity index (χ0) is 18.9. The molecule has 0 saturated heterocycles. The van der Waals surface area contributed by atoms with Crippen LogP contribution in [0.25, 0.3) is 10.9 Å². The van der Waals surface area contributed by atoms with Crippen LogP contribution in [-0.2, 0) is 21.2 Å². The standard InChI is InChI=1S/C18H18N2O5S/c1-25-13-7-8-15-12(9-16(19)18(21)22)11-20(17(15)10-13)26(23,24)14-5-3-2-4-6-14/h2-8,10-11,16H,9,19H2,1H3,(H,21,22)/t16-/m1/s1. The molecule has 0 saturated carbocycles. The molecule has 0 spiro atoms. The molecular formula is C18H18N2O5S. The molecule has 2 aromatic carbocycles. The molecule has 3 rings (SSSR count). The van der Waals surface area contributed by atoms with Crippen molar-refractivity contribution in [2.45, 2.75) is 17.4 Å². The highest BCUT2D eigenvalue weighted by Gasteiger charge is 2.23. The summed E-state index contributed by atoms with van der Waals surface area (Å²) >= 11 is 0. The molecule has 0 radical (unpaired) electrons. The maximum Gasteiger partial charge on any atom is 0.320 e. The monoisotopic (exact) mass is 374 g/mol. The summed E-state index contributed by atoms with van der Waals surface area (Å²) < 4.78 is 32.5. The average molecular weight is 374 g/mol. The van der Waals surface area contributed by atoms with Gasteiger partial charge < -0.3 is 15.6 Å². The van der Waals surface area contributed by atoms with E-state index in [0.29, 0.717) is 22.2 Å². The summed E-state index contributed by atoms with van der Waals surface area (Å²) in [4.78, 5) is 11.2. The first-order valence-corrected chi connectivity index (χ1v) is 9.25. The number of carboxylic acid groups (broad SMARTS) is 1. The van der Waals surface area contributed by atoms with Crippen molar-refractivity contribution in [2.24, 2.45) is 5.73 Å². The van der Waals surface area contributed by atoms with E-state index < -0.39 is 22.0 Å². The Morgan fingerprint density at radius 1 is 1.23 bits per heavy atom. The molecule has 3 aromatic rings. The molecule has 1 atom stereocenters. The van der Waals surface area contributed by atoms with Crippen LogP contribution < -0.4 is 10.5 Å². The largest absolute Gasteiger partial charge is 0.497 e. The summed E-state index contributed by atoms with van der Waals surface area (Å²) in [5, 5.41) is 9.69. The summed E-state index contributed by atoms with van der Waals surface area (Å²) in [7, 11) is -2.37. The zero-order valence-electron chi connectivity index (χ0n) is 14.0. The number of carboxylic acids is 1. The molecule has 0 fully saturated rings. The van der Waals surface area contributed by atoms with Gasteiger partial charge in [-0.2, -0.15) is 0 Å². The van der Waals surface area contributed by atoms with Crippen molar-refractivity contribution < 1.29 is 23.1 Å². The van der Waals surface area contributed by atoms with Crippen molar-refractivity contribution in [1.82, 2.24) is 3.97 Å². The van der Waals surface area contributed by atoms with Crippen LogP contribution in [0.5, 0.6) is 5.75 Å². The summed E-state index contributed by atoms with van der Waals surface area (Å²) in [5.41, 5.74) is 6.58. The Morgan fingerprint density at radius 2 is 1.92 bits per heavy atom. The highest BCUT2D eigenvalue weighted by atomic mass is 32.2. The van der Waals surface area contributed by atoms with Crippen LogP contribution in [0.4, 0.5) is 0 Å². The summed E-state index contributed by atoms with van der Waals surface area (Å²) in [5.74, 6) is -0.653. The fraction of sp³-hybridized carbons (Fsp3) is 0.167. The normalized spacial score (nSPS) is 12.8. The Morgan fingerprint density at radius 3 is 2.54 bits per heavy atom. The van der Waals surface area contributed by atoms with Gasteiger partial charge in [0.05, 0.1) is 17.5 Å².